The lowest BCUT2D eigenvalue weighted by Gasteiger charge is -2.27. The summed E-state index contributed by atoms with van der Waals surface area (Å²) in [5, 5.41) is 0. The maximum atomic E-state index is 13.4. The van der Waals surface area contributed by atoms with E-state index in [1.54, 1.807) is 57.5 Å². The number of ketones is 1. The van der Waals surface area contributed by atoms with Gasteiger partial charge in [0, 0.05) is 24.8 Å². The number of nitrogens with zero attached hydrogens (tertiary/aromatic N) is 2. The molecule has 0 aliphatic heterocycles. The summed E-state index contributed by atoms with van der Waals surface area (Å²) in [5.74, 6) is -0.493. The summed E-state index contributed by atoms with van der Waals surface area (Å²) in [5.41, 5.74) is 1.94. The second-order valence-corrected chi connectivity index (χ2v) is 7.19. The third-order valence-corrected chi connectivity index (χ3v) is 5.24. The molecule has 7 heteroatoms. The normalized spacial score (nSPS) is 11.5. The Morgan fingerprint density at radius 3 is 2.42 bits per heavy atom. The van der Waals surface area contributed by atoms with E-state index < -0.39 is 12.0 Å². The van der Waals surface area contributed by atoms with Crippen LogP contribution in [0.1, 0.15) is 46.0 Å². The summed E-state index contributed by atoms with van der Waals surface area (Å²) in [6.07, 6.45) is 1.57. The van der Waals surface area contributed by atoms with Gasteiger partial charge in [-0.2, -0.15) is 0 Å². The molecular formula is C24H30N2O5. The molecule has 1 heterocycles. The van der Waals surface area contributed by atoms with Crippen LogP contribution in [-0.2, 0) is 16.6 Å². The van der Waals surface area contributed by atoms with E-state index in [1.165, 1.54) is 4.90 Å². The van der Waals surface area contributed by atoms with Crippen LogP contribution in [-0.4, -0.2) is 52.9 Å². The van der Waals surface area contributed by atoms with Crippen LogP contribution in [0.2, 0.25) is 0 Å². The SMILES string of the molecule is C=CCN(C(=O)COc1ccccc1)[C@H](C)C(=O)c1c(C)c(C(=O)OCC)n(C)c1C. The summed E-state index contributed by atoms with van der Waals surface area (Å²) in [7, 11) is 1.72. The van der Waals surface area contributed by atoms with Crippen molar-refractivity contribution in [2.45, 2.75) is 33.7 Å². The molecule has 2 rings (SSSR count). The van der Waals surface area contributed by atoms with E-state index in [4.69, 9.17) is 9.47 Å². The Labute approximate surface area is 183 Å². The van der Waals surface area contributed by atoms with Gasteiger partial charge in [0.15, 0.2) is 12.4 Å². The van der Waals surface area contributed by atoms with Gasteiger partial charge in [0.25, 0.3) is 5.91 Å². The number of Topliss-reactive ketones (excluding diaryl/α,β-unsaturated/α-hetero) is 1. The topological polar surface area (TPSA) is 77.8 Å². The Kier molecular flexibility index (Phi) is 8.19. The van der Waals surface area contributed by atoms with Crippen LogP contribution in [0.5, 0.6) is 5.75 Å². The largest absolute Gasteiger partial charge is 0.484 e. The fourth-order valence-corrected chi connectivity index (χ4v) is 3.54. The van der Waals surface area contributed by atoms with Gasteiger partial charge in [-0.05, 0) is 45.4 Å². The van der Waals surface area contributed by atoms with Gasteiger partial charge < -0.3 is 18.9 Å². The van der Waals surface area contributed by atoms with E-state index >= 15 is 0 Å². The number of ether oxygens (including phenoxy) is 2. The average molecular weight is 427 g/mol. The highest BCUT2D eigenvalue weighted by atomic mass is 16.5. The molecule has 1 aromatic heterocycles. The van der Waals surface area contributed by atoms with Crippen molar-refractivity contribution < 1.29 is 23.9 Å². The molecule has 31 heavy (non-hydrogen) atoms. The third kappa shape index (κ3) is 5.23. The molecule has 0 spiro atoms. The molecular weight excluding hydrogens is 396 g/mol. The van der Waals surface area contributed by atoms with Gasteiger partial charge in [0.05, 0.1) is 12.6 Å². The first kappa shape index (κ1) is 23.9. The molecule has 1 aromatic carbocycles. The monoisotopic (exact) mass is 426 g/mol. The van der Waals surface area contributed by atoms with Crippen molar-refractivity contribution in [2.24, 2.45) is 7.05 Å². The highest BCUT2D eigenvalue weighted by Gasteiger charge is 2.32. The van der Waals surface area contributed by atoms with Gasteiger partial charge in [0.1, 0.15) is 11.4 Å². The van der Waals surface area contributed by atoms with Crippen LogP contribution in [0.3, 0.4) is 0 Å². The molecule has 0 N–H and O–H groups in total. The maximum absolute atomic E-state index is 13.4. The van der Waals surface area contributed by atoms with Gasteiger partial charge in [0.2, 0.25) is 0 Å². The molecule has 7 nitrogen and oxygen atoms in total. The van der Waals surface area contributed by atoms with Gasteiger partial charge in [-0.1, -0.05) is 24.3 Å². The predicted molar refractivity (Wildman–Crippen MR) is 118 cm³/mol. The van der Waals surface area contributed by atoms with E-state index in [0.29, 0.717) is 28.3 Å². The number of esters is 1. The Morgan fingerprint density at radius 2 is 1.84 bits per heavy atom. The summed E-state index contributed by atoms with van der Waals surface area (Å²) in [6, 6.07) is 8.24. The second-order valence-electron chi connectivity index (χ2n) is 7.19. The lowest BCUT2D eigenvalue weighted by Crippen LogP contribution is -2.45. The first-order valence-electron chi connectivity index (χ1n) is 10.2. The number of rotatable bonds is 10. The lowest BCUT2D eigenvalue weighted by molar-refractivity contribution is -0.134. The molecule has 0 bridgehead atoms. The maximum Gasteiger partial charge on any atom is 0.355 e. The van der Waals surface area contributed by atoms with Gasteiger partial charge in [-0.15, -0.1) is 6.58 Å². The summed E-state index contributed by atoms with van der Waals surface area (Å²) in [4.78, 5) is 40.0. The van der Waals surface area contributed by atoms with E-state index in [0.717, 1.165) is 0 Å². The molecule has 1 amide bonds. The first-order valence-corrected chi connectivity index (χ1v) is 10.2. The quantitative estimate of drug-likeness (QED) is 0.330. The zero-order valence-electron chi connectivity index (χ0n) is 18.8. The van der Waals surface area contributed by atoms with Crippen LogP contribution in [0, 0.1) is 13.8 Å². The minimum Gasteiger partial charge on any atom is -0.484 e. The molecule has 0 fully saturated rings. The van der Waals surface area contributed by atoms with Crippen molar-refractivity contribution in [2.75, 3.05) is 19.8 Å². The van der Waals surface area contributed by atoms with Crippen molar-refractivity contribution in [3.63, 3.8) is 0 Å². The summed E-state index contributed by atoms with van der Waals surface area (Å²) >= 11 is 0. The molecule has 0 saturated carbocycles. The van der Waals surface area contributed by atoms with Gasteiger partial charge >= 0.3 is 5.97 Å². The van der Waals surface area contributed by atoms with Crippen molar-refractivity contribution in [3.8, 4) is 5.75 Å². The number of para-hydroxylation sites is 1. The van der Waals surface area contributed by atoms with Gasteiger partial charge in [-0.3, -0.25) is 9.59 Å². The van der Waals surface area contributed by atoms with Crippen LogP contribution in [0.25, 0.3) is 0 Å². The summed E-state index contributed by atoms with van der Waals surface area (Å²) < 4.78 is 12.3. The minimum atomic E-state index is -0.764. The van der Waals surface area contributed by atoms with Gasteiger partial charge in [-0.25, -0.2) is 4.79 Å². The smallest absolute Gasteiger partial charge is 0.355 e. The van der Waals surface area contributed by atoms with Crippen LogP contribution in [0.4, 0.5) is 0 Å². The third-order valence-electron chi connectivity index (χ3n) is 5.24. The molecule has 0 aliphatic carbocycles. The summed E-state index contributed by atoms with van der Waals surface area (Å²) in [6.45, 7) is 10.8. The van der Waals surface area contributed by atoms with Crippen LogP contribution in [0.15, 0.2) is 43.0 Å². The molecule has 2 aromatic rings. The van der Waals surface area contributed by atoms with E-state index in [1.807, 2.05) is 18.2 Å². The van der Waals surface area contributed by atoms with Crippen LogP contribution >= 0.6 is 0 Å². The Bertz CT molecular complexity index is 962. The Hall–Kier alpha value is -3.35. The van der Waals surface area contributed by atoms with E-state index in [9.17, 15) is 14.4 Å². The number of aromatic nitrogens is 1. The molecule has 0 aliphatic rings. The Balaban J connectivity index is 2.27. The number of hydrogen-bond acceptors (Lipinski definition) is 5. The number of carbonyl (C=O) groups excluding carboxylic acids is 3. The van der Waals surface area contributed by atoms with Crippen molar-refractivity contribution in [1.29, 1.82) is 0 Å². The number of benzene rings is 1. The molecule has 1 atom stereocenters. The number of amides is 1. The van der Waals surface area contributed by atoms with E-state index in [-0.39, 0.29) is 31.4 Å². The highest BCUT2D eigenvalue weighted by molar-refractivity contribution is 6.06. The van der Waals surface area contributed by atoms with Crippen LogP contribution < -0.4 is 4.74 Å². The molecule has 0 radical (unpaired) electrons. The fourth-order valence-electron chi connectivity index (χ4n) is 3.54. The molecule has 0 saturated heterocycles. The predicted octanol–water partition coefficient (Wildman–Crippen LogP) is 3.48. The first-order chi connectivity index (χ1) is 14.7. The van der Waals surface area contributed by atoms with Crippen molar-refractivity contribution in [1.82, 2.24) is 9.47 Å². The lowest BCUT2D eigenvalue weighted by atomic mass is 9.99. The second kappa shape index (κ2) is 10.6. The molecule has 166 valence electrons. The standard InChI is InChI=1S/C24H30N2O5/c1-7-14-26(20(27)15-31-19-12-10-9-11-13-19)18(5)23(28)21-16(3)22(24(29)30-8-2)25(6)17(21)4/h7,9-13,18H,1,8,14-15H2,2-6H3/t18-/m1/s1. The van der Waals surface area contributed by atoms with E-state index in [2.05, 4.69) is 6.58 Å². The minimum absolute atomic E-state index is 0.194. The number of hydrogen-bond donors (Lipinski definition) is 0. The average Bonchev–Trinajstić information content (AvgIpc) is 2.98. The Morgan fingerprint density at radius 1 is 1.19 bits per heavy atom. The highest BCUT2D eigenvalue weighted by Crippen LogP contribution is 2.25. The number of carbonyl (C=O) groups is 3. The zero-order chi connectivity index (χ0) is 23.1. The molecule has 0 unspecified atom stereocenters. The fraction of sp³-hybridized carbons (Fsp3) is 0.375. The van der Waals surface area contributed by atoms with Crippen molar-refractivity contribution in [3.05, 3.63) is 65.5 Å². The zero-order valence-corrected chi connectivity index (χ0v) is 18.8. The van der Waals surface area contributed by atoms with Crippen molar-refractivity contribution >= 4 is 17.7 Å².